The molecule has 1 saturated heterocycles. The molecular formula is C15H25N3O2S. The van der Waals surface area contributed by atoms with Crippen molar-refractivity contribution in [3.63, 3.8) is 0 Å². The minimum absolute atomic E-state index is 0.00862. The maximum absolute atomic E-state index is 12.4. The first kappa shape index (κ1) is 16.4. The summed E-state index contributed by atoms with van der Waals surface area (Å²) in [7, 11) is -1.38. The molecule has 3 unspecified atom stereocenters. The first-order valence-corrected chi connectivity index (χ1v) is 8.86. The molecule has 118 valence electrons. The van der Waals surface area contributed by atoms with Gasteiger partial charge in [0.25, 0.3) is 0 Å². The van der Waals surface area contributed by atoms with Gasteiger partial charge >= 0.3 is 0 Å². The molecule has 0 aromatic heterocycles. The highest BCUT2D eigenvalue weighted by Gasteiger charge is 2.27. The highest BCUT2D eigenvalue weighted by molar-refractivity contribution is 7.89. The van der Waals surface area contributed by atoms with Gasteiger partial charge in [0.05, 0.1) is 4.90 Å². The zero-order valence-corrected chi connectivity index (χ0v) is 13.7. The van der Waals surface area contributed by atoms with Gasteiger partial charge < -0.3 is 10.6 Å². The number of rotatable bonds is 4. The van der Waals surface area contributed by atoms with E-state index in [0.717, 1.165) is 24.9 Å². The number of nitrogens with one attached hydrogen (secondary N) is 1. The van der Waals surface area contributed by atoms with Crippen LogP contribution in [0.5, 0.6) is 0 Å². The Balaban J connectivity index is 2.08. The van der Waals surface area contributed by atoms with Gasteiger partial charge in [-0.25, -0.2) is 13.1 Å². The Hall–Kier alpha value is -0.950. The first-order valence-electron chi connectivity index (χ1n) is 7.37. The third kappa shape index (κ3) is 4.03. The number of piperidine rings is 1. The number of nitrogens with two attached hydrogens (primary N) is 1. The lowest BCUT2D eigenvalue weighted by Crippen LogP contribution is -2.47. The van der Waals surface area contributed by atoms with Crippen LogP contribution in [-0.2, 0) is 10.0 Å². The molecule has 0 amide bonds. The molecule has 5 nitrogen and oxygen atoms in total. The van der Waals surface area contributed by atoms with Gasteiger partial charge in [0, 0.05) is 18.1 Å². The lowest BCUT2D eigenvalue weighted by molar-refractivity contribution is 0.178. The Morgan fingerprint density at radius 2 is 1.95 bits per heavy atom. The summed E-state index contributed by atoms with van der Waals surface area (Å²) in [6, 6.07) is 7.11. The Morgan fingerprint density at radius 3 is 2.48 bits per heavy atom. The molecule has 6 heteroatoms. The molecule has 0 radical (unpaired) electrons. The number of nitrogens with zero attached hydrogens (tertiary/aromatic N) is 1. The highest BCUT2D eigenvalue weighted by Crippen LogP contribution is 2.19. The summed E-state index contributed by atoms with van der Waals surface area (Å²) in [6.45, 7) is 4.91. The highest BCUT2D eigenvalue weighted by atomic mass is 32.2. The summed E-state index contributed by atoms with van der Waals surface area (Å²) >= 11 is 0. The summed E-state index contributed by atoms with van der Waals surface area (Å²) < 4.78 is 27.7. The largest absolute Gasteiger partial charge is 0.324 e. The van der Waals surface area contributed by atoms with E-state index in [9.17, 15) is 8.42 Å². The van der Waals surface area contributed by atoms with Crippen molar-refractivity contribution < 1.29 is 8.42 Å². The summed E-state index contributed by atoms with van der Waals surface area (Å²) in [5.74, 6) is 0. The molecule has 0 bridgehead atoms. The van der Waals surface area contributed by atoms with Gasteiger partial charge in [-0.2, -0.15) is 0 Å². The zero-order valence-electron chi connectivity index (χ0n) is 12.9. The molecule has 1 fully saturated rings. The van der Waals surface area contributed by atoms with Crippen molar-refractivity contribution in [2.75, 3.05) is 13.6 Å². The average Bonchev–Trinajstić information content (AvgIpc) is 2.43. The zero-order chi connectivity index (χ0) is 15.6. The molecule has 0 aliphatic carbocycles. The fraction of sp³-hybridized carbons (Fsp3) is 0.600. The van der Waals surface area contributed by atoms with Crippen LogP contribution in [0, 0.1) is 0 Å². The minimum Gasteiger partial charge on any atom is -0.324 e. The molecule has 3 atom stereocenters. The molecule has 0 saturated carbocycles. The Bertz CT molecular complexity index is 569. The van der Waals surface area contributed by atoms with E-state index in [0.29, 0.717) is 10.9 Å². The molecule has 1 aromatic rings. The van der Waals surface area contributed by atoms with Crippen molar-refractivity contribution in [3.05, 3.63) is 29.8 Å². The molecule has 3 N–H and O–H groups in total. The van der Waals surface area contributed by atoms with Crippen molar-refractivity contribution in [1.29, 1.82) is 0 Å². The second-order valence-corrected chi connectivity index (χ2v) is 7.74. The summed E-state index contributed by atoms with van der Waals surface area (Å²) in [6.07, 6.45) is 1.69. The van der Waals surface area contributed by atoms with Crippen LogP contribution in [0.25, 0.3) is 0 Å². The number of hydrogen-bond acceptors (Lipinski definition) is 4. The van der Waals surface area contributed by atoms with E-state index in [1.165, 1.54) is 0 Å². The molecule has 1 heterocycles. The van der Waals surface area contributed by atoms with E-state index < -0.39 is 10.0 Å². The van der Waals surface area contributed by atoms with E-state index in [1.54, 1.807) is 24.3 Å². The van der Waals surface area contributed by atoms with Gasteiger partial charge in [0.15, 0.2) is 0 Å². The Kier molecular flexibility index (Phi) is 5.03. The molecular weight excluding hydrogens is 286 g/mol. The minimum atomic E-state index is -3.45. The van der Waals surface area contributed by atoms with E-state index in [1.807, 2.05) is 6.92 Å². The van der Waals surface area contributed by atoms with Crippen LogP contribution >= 0.6 is 0 Å². The van der Waals surface area contributed by atoms with Crippen LogP contribution in [0.4, 0.5) is 0 Å². The standard InChI is InChI=1S/C15H25N3O2S/c1-11-10-14(8-9-18(11)3)17-21(19,20)15-6-4-13(5-7-15)12(2)16/h4-7,11-12,14,17H,8-10,16H2,1-3H3. The van der Waals surface area contributed by atoms with Crippen LogP contribution in [0.15, 0.2) is 29.2 Å². The second-order valence-electron chi connectivity index (χ2n) is 6.03. The van der Waals surface area contributed by atoms with Crippen LogP contribution in [0.3, 0.4) is 0 Å². The third-order valence-electron chi connectivity index (χ3n) is 4.25. The third-order valence-corrected chi connectivity index (χ3v) is 5.78. The maximum atomic E-state index is 12.4. The van der Waals surface area contributed by atoms with E-state index in [4.69, 9.17) is 5.73 Å². The molecule has 2 rings (SSSR count). The maximum Gasteiger partial charge on any atom is 0.240 e. The lowest BCUT2D eigenvalue weighted by Gasteiger charge is -2.35. The summed E-state index contributed by atoms with van der Waals surface area (Å²) in [4.78, 5) is 2.56. The number of benzene rings is 1. The second kappa shape index (κ2) is 6.44. The van der Waals surface area contributed by atoms with Crippen LogP contribution in [-0.4, -0.2) is 39.0 Å². The van der Waals surface area contributed by atoms with Gasteiger partial charge in [-0.15, -0.1) is 0 Å². The van der Waals surface area contributed by atoms with Crippen molar-refractivity contribution in [1.82, 2.24) is 9.62 Å². The molecule has 1 aromatic carbocycles. The SMILES string of the molecule is CC(N)c1ccc(S(=O)(=O)NC2CCN(C)C(C)C2)cc1. The quantitative estimate of drug-likeness (QED) is 0.883. The Labute approximate surface area is 127 Å². The summed E-state index contributed by atoms with van der Waals surface area (Å²) in [5.41, 5.74) is 6.71. The predicted molar refractivity (Wildman–Crippen MR) is 84.5 cm³/mol. The van der Waals surface area contributed by atoms with Crippen molar-refractivity contribution in [2.24, 2.45) is 5.73 Å². The predicted octanol–water partition coefficient (Wildman–Crippen LogP) is 1.47. The molecule has 21 heavy (non-hydrogen) atoms. The van der Waals surface area contributed by atoms with Crippen molar-refractivity contribution in [2.45, 2.75) is 49.7 Å². The van der Waals surface area contributed by atoms with Gasteiger partial charge in [-0.1, -0.05) is 12.1 Å². The van der Waals surface area contributed by atoms with Gasteiger partial charge in [0.2, 0.25) is 10.0 Å². The van der Waals surface area contributed by atoms with E-state index in [2.05, 4.69) is 23.6 Å². The number of hydrogen-bond donors (Lipinski definition) is 2. The number of likely N-dealkylation sites (tertiary alicyclic amines) is 1. The van der Waals surface area contributed by atoms with Gasteiger partial charge in [-0.3, -0.25) is 0 Å². The lowest BCUT2D eigenvalue weighted by atomic mass is 10.0. The normalized spacial score (nSPS) is 25.7. The van der Waals surface area contributed by atoms with Crippen molar-refractivity contribution in [3.8, 4) is 0 Å². The summed E-state index contributed by atoms with van der Waals surface area (Å²) in [5, 5.41) is 0. The van der Waals surface area contributed by atoms with Crippen LogP contribution in [0.2, 0.25) is 0 Å². The first-order chi connectivity index (χ1) is 9.79. The topological polar surface area (TPSA) is 75.4 Å². The van der Waals surface area contributed by atoms with Crippen LogP contribution in [0.1, 0.15) is 38.3 Å². The average molecular weight is 311 g/mol. The monoisotopic (exact) mass is 311 g/mol. The van der Waals surface area contributed by atoms with Gasteiger partial charge in [-0.05, 0) is 58.0 Å². The molecule has 0 spiro atoms. The molecule has 1 aliphatic heterocycles. The van der Waals surface area contributed by atoms with E-state index in [-0.39, 0.29) is 12.1 Å². The van der Waals surface area contributed by atoms with Crippen LogP contribution < -0.4 is 10.5 Å². The van der Waals surface area contributed by atoms with E-state index >= 15 is 0 Å². The van der Waals surface area contributed by atoms with Crippen molar-refractivity contribution >= 4 is 10.0 Å². The number of sulfonamides is 1. The Morgan fingerprint density at radius 1 is 1.33 bits per heavy atom. The fourth-order valence-electron chi connectivity index (χ4n) is 2.63. The van der Waals surface area contributed by atoms with Gasteiger partial charge in [0.1, 0.15) is 0 Å². The smallest absolute Gasteiger partial charge is 0.240 e. The fourth-order valence-corrected chi connectivity index (χ4v) is 3.92. The molecule has 1 aliphatic rings.